The summed E-state index contributed by atoms with van der Waals surface area (Å²) < 4.78 is 5.55. The van der Waals surface area contributed by atoms with Gasteiger partial charge in [0.25, 0.3) is 0 Å². The van der Waals surface area contributed by atoms with Gasteiger partial charge in [0.2, 0.25) is 11.8 Å². The number of carbonyl (C=O) groups is 1. The molecule has 6 nitrogen and oxygen atoms in total. The van der Waals surface area contributed by atoms with Crippen molar-refractivity contribution in [1.29, 1.82) is 0 Å². The first-order valence-electron chi connectivity index (χ1n) is 8.44. The van der Waals surface area contributed by atoms with Crippen LogP contribution >= 0.6 is 0 Å². The van der Waals surface area contributed by atoms with Crippen LogP contribution in [-0.2, 0) is 16.6 Å². The lowest BCUT2D eigenvalue weighted by Crippen LogP contribution is -2.44. The van der Waals surface area contributed by atoms with E-state index in [1.165, 1.54) is 6.42 Å². The molecule has 2 fully saturated rings. The first-order chi connectivity index (χ1) is 10.6. The van der Waals surface area contributed by atoms with E-state index in [2.05, 4.69) is 28.9 Å². The molecule has 0 saturated carbocycles. The maximum atomic E-state index is 11.6. The Bertz CT molecular complexity index is 530. The van der Waals surface area contributed by atoms with Crippen LogP contribution in [0, 0.1) is 0 Å². The van der Waals surface area contributed by atoms with Crippen LogP contribution in [0.5, 0.6) is 0 Å². The highest BCUT2D eigenvalue weighted by Crippen LogP contribution is 2.32. The van der Waals surface area contributed by atoms with Crippen LogP contribution in [0.2, 0.25) is 0 Å². The van der Waals surface area contributed by atoms with Crippen molar-refractivity contribution in [2.75, 3.05) is 32.7 Å². The van der Waals surface area contributed by atoms with Crippen molar-refractivity contribution in [3.05, 3.63) is 11.7 Å². The Morgan fingerprint density at radius 3 is 2.91 bits per heavy atom. The van der Waals surface area contributed by atoms with E-state index in [9.17, 15) is 4.79 Å². The molecule has 122 valence electrons. The molecule has 1 aromatic heterocycles. The number of carbonyl (C=O) groups excluding carboxylic acids is 1. The average Bonchev–Trinajstić information content (AvgIpc) is 3.14. The molecule has 2 aliphatic rings. The fraction of sp³-hybridized carbons (Fsp3) is 0.812. The largest absolute Gasteiger partial charge is 0.342 e. The van der Waals surface area contributed by atoms with Crippen LogP contribution in [0.3, 0.4) is 0 Å². The lowest BCUT2D eigenvalue weighted by molar-refractivity contribution is -0.127. The van der Waals surface area contributed by atoms with Crippen molar-refractivity contribution in [3.63, 3.8) is 0 Å². The summed E-state index contributed by atoms with van der Waals surface area (Å²) in [7, 11) is 0. The molecule has 0 bridgehead atoms. The average molecular weight is 306 g/mol. The van der Waals surface area contributed by atoms with E-state index in [-0.39, 0.29) is 11.3 Å². The van der Waals surface area contributed by atoms with Crippen LogP contribution in [-0.4, -0.2) is 58.6 Å². The van der Waals surface area contributed by atoms with Crippen molar-refractivity contribution in [2.45, 2.75) is 51.4 Å². The quantitative estimate of drug-likeness (QED) is 0.827. The summed E-state index contributed by atoms with van der Waals surface area (Å²) >= 11 is 0. The molecule has 6 heteroatoms. The van der Waals surface area contributed by atoms with E-state index in [0.29, 0.717) is 19.4 Å². The maximum absolute atomic E-state index is 11.6. The van der Waals surface area contributed by atoms with Crippen LogP contribution in [0.25, 0.3) is 0 Å². The van der Waals surface area contributed by atoms with Crippen molar-refractivity contribution >= 4 is 5.91 Å². The molecule has 0 radical (unpaired) electrons. The van der Waals surface area contributed by atoms with Gasteiger partial charge in [0.05, 0.1) is 5.41 Å². The third kappa shape index (κ3) is 3.16. The van der Waals surface area contributed by atoms with Gasteiger partial charge in [-0.1, -0.05) is 12.1 Å². The van der Waals surface area contributed by atoms with Gasteiger partial charge >= 0.3 is 0 Å². The van der Waals surface area contributed by atoms with Gasteiger partial charge in [-0.15, -0.1) is 0 Å². The minimum atomic E-state index is -0.0387. The lowest BCUT2D eigenvalue weighted by atomic mass is 9.81. The predicted octanol–water partition coefficient (Wildman–Crippen LogP) is 1.61. The second-order valence-corrected chi connectivity index (χ2v) is 6.78. The molecule has 2 aliphatic heterocycles. The summed E-state index contributed by atoms with van der Waals surface area (Å²) in [5.41, 5.74) is -0.0387. The Balaban J connectivity index is 1.61. The fourth-order valence-electron chi connectivity index (χ4n) is 3.57. The molecule has 2 saturated heterocycles. The summed E-state index contributed by atoms with van der Waals surface area (Å²) in [4.78, 5) is 20.6. The molecule has 0 aliphatic carbocycles. The van der Waals surface area contributed by atoms with Gasteiger partial charge < -0.3 is 14.3 Å². The number of hydrogen-bond donors (Lipinski definition) is 0. The third-order valence-corrected chi connectivity index (χ3v) is 4.98. The first kappa shape index (κ1) is 15.5. The molecule has 22 heavy (non-hydrogen) atoms. The highest BCUT2D eigenvalue weighted by atomic mass is 16.5. The van der Waals surface area contributed by atoms with E-state index in [0.717, 1.165) is 50.7 Å². The number of piperidine rings is 1. The molecular weight excluding hydrogens is 280 g/mol. The first-order valence-corrected chi connectivity index (χ1v) is 8.44. The van der Waals surface area contributed by atoms with E-state index < -0.39 is 0 Å². The number of nitrogens with zero attached hydrogens (tertiary/aromatic N) is 4. The molecule has 3 heterocycles. The molecule has 1 amide bonds. The van der Waals surface area contributed by atoms with Crippen molar-refractivity contribution in [3.8, 4) is 0 Å². The van der Waals surface area contributed by atoms with E-state index in [1.54, 1.807) is 0 Å². The fourth-order valence-corrected chi connectivity index (χ4v) is 3.57. The zero-order chi connectivity index (χ0) is 15.6. The molecule has 1 aromatic rings. The Hall–Kier alpha value is -1.43. The Labute approximate surface area is 131 Å². The predicted molar refractivity (Wildman–Crippen MR) is 82.5 cm³/mol. The summed E-state index contributed by atoms with van der Waals surface area (Å²) in [6.45, 7) is 9.18. The summed E-state index contributed by atoms with van der Waals surface area (Å²) in [6, 6.07) is 0. The second-order valence-electron chi connectivity index (χ2n) is 6.78. The topological polar surface area (TPSA) is 62.5 Å². The summed E-state index contributed by atoms with van der Waals surface area (Å²) in [5.74, 6) is 1.74. The molecule has 1 atom stereocenters. The number of likely N-dealkylation sites (tertiary alicyclic amines) is 2. The van der Waals surface area contributed by atoms with E-state index in [1.807, 2.05) is 4.90 Å². The van der Waals surface area contributed by atoms with Gasteiger partial charge in [-0.3, -0.25) is 4.79 Å². The Morgan fingerprint density at radius 2 is 2.18 bits per heavy atom. The molecule has 0 aromatic carbocycles. The zero-order valence-electron chi connectivity index (χ0n) is 13.7. The standard InChI is InChI=1S/C16H26N4O2/c1-3-19-9-5-8-16(2,12-19)15-17-13(18-22-15)7-11-20-10-4-6-14(20)21/h3-12H2,1-2H3/t16-/m1/s1. The van der Waals surface area contributed by atoms with E-state index in [4.69, 9.17) is 4.52 Å². The lowest BCUT2D eigenvalue weighted by Gasteiger charge is -2.37. The molecule has 3 rings (SSSR count). The Kier molecular flexibility index (Phi) is 4.47. The molecule has 0 unspecified atom stereocenters. The van der Waals surface area contributed by atoms with Crippen LogP contribution in [0.4, 0.5) is 0 Å². The molecule has 0 spiro atoms. The molecule has 0 N–H and O–H groups in total. The van der Waals surface area contributed by atoms with Gasteiger partial charge in [-0.2, -0.15) is 4.98 Å². The number of aromatic nitrogens is 2. The smallest absolute Gasteiger partial charge is 0.233 e. The van der Waals surface area contributed by atoms with Crippen LogP contribution in [0.15, 0.2) is 4.52 Å². The SMILES string of the molecule is CCN1CCC[C@@](C)(c2nc(CCN3CCCC3=O)no2)C1. The van der Waals surface area contributed by atoms with Crippen LogP contribution in [0.1, 0.15) is 51.2 Å². The Morgan fingerprint density at radius 1 is 1.32 bits per heavy atom. The van der Waals surface area contributed by atoms with E-state index >= 15 is 0 Å². The second kappa shape index (κ2) is 6.36. The number of amides is 1. The highest BCUT2D eigenvalue weighted by Gasteiger charge is 2.37. The molecular formula is C16H26N4O2. The van der Waals surface area contributed by atoms with Gasteiger partial charge in [0.1, 0.15) is 0 Å². The number of rotatable bonds is 5. The highest BCUT2D eigenvalue weighted by molar-refractivity contribution is 5.78. The summed E-state index contributed by atoms with van der Waals surface area (Å²) in [6.07, 6.45) is 4.60. The van der Waals surface area contributed by atoms with Gasteiger partial charge in [0, 0.05) is 32.5 Å². The number of likely N-dealkylation sites (N-methyl/N-ethyl adjacent to an activating group) is 1. The van der Waals surface area contributed by atoms with Crippen LogP contribution < -0.4 is 0 Å². The minimum absolute atomic E-state index is 0.0387. The van der Waals surface area contributed by atoms with Crippen molar-refractivity contribution in [1.82, 2.24) is 19.9 Å². The normalized spacial score (nSPS) is 26.8. The summed E-state index contributed by atoms with van der Waals surface area (Å²) in [5, 5.41) is 4.13. The zero-order valence-corrected chi connectivity index (χ0v) is 13.7. The van der Waals surface area contributed by atoms with Crippen molar-refractivity contribution < 1.29 is 9.32 Å². The van der Waals surface area contributed by atoms with Gasteiger partial charge in [-0.05, 0) is 39.3 Å². The third-order valence-electron chi connectivity index (χ3n) is 4.98. The minimum Gasteiger partial charge on any atom is -0.342 e. The van der Waals surface area contributed by atoms with Crippen molar-refractivity contribution in [2.24, 2.45) is 0 Å². The van der Waals surface area contributed by atoms with Gasteiger partial charge in [-0.25, -0.2) is 0 Å². The van der Waals surface area contributed by atoms with Gasteiger partial charge in [0.15, 0.2) is 5.82 Å². The maximum Gasteiger partial charge on any atom is 0.233 e. The monoisotopic (exact) mass is 306 g/mol. The number of hydrogen-bond acceptors (Lipinski definition) is 5.